The van der Waals surface area contributed by atoms with Crippen molar-refractivity contribution >= 4 is 28.4 Å². The van der Waals surface area contributed by atoms with Gasteiger partial charge in [0.25, 0.3) is 0 Å². The topological polar surface area (TPSA) is 89.5 Å². The van der Waals surface area contributed by atoms with Crippen molar-refractivity contribution in [2.45, 2.75) is 37.2 Å². The molecule has 9 heteroatoms. The van der Waals surface area contributed by atoms with E-state index >= 15 is 0 Å². The number of hydrogen-bond acceptors (Lipinski definition) is 6. The number of methoxy groups -OCH3 is 1. The van der Waals surface area contributed by atoms with Crippen molar-refractivity contribution in [2.75, 3.05) is 26.5 Å². The van der Waals surface area contributed by atoms with E-state index in [0.29, 0.717) is 18.2 Å². The van der Waals surface area contributed by atoms with Crippen LogP contribution in [0.5, 0.6) is 5.75 Å². The first-order valence-corrected chi connectivity index (χ1v) is 11.2. The summed E-state index contributed by atoms with van der Waals surface area (Å²) in [5.41, 5.74) is 0.778. The molecule has 4 rings (SSSR count). The third kappa shape index (κ3) is 5.11. The van der Waals surface area contributed by atoms with Crippen LogP contribution in [0.3, 0.4) is 0 Å². The third-order valence-corrected chi connectivity index (χ3v) is 6.38. The maximum Gasteiger partial charge on any atom is 0.344 e. The number of H-pyrrole nitrogens is 1. The van der Waals surface area contributed by atoms with E-state index in [-0.39, 0.29) is 23.5 Å². The molecule has 8 nitrogen and oxygen atoms in total. The van der Waals surface area contributed by atoms with Gasteiger partial charge < -0.3 is 14.4 Å². The molecule has 0 spiro atoms. The lowest BCUT2D eigenvalue weighted by Gasteiger charge is -2.17. The number of aromatic amines is 1. The number of benzene rings is 2. The quantitative estimate of drug-likeness (QED) is 0.540. The van der Waals surface area contributed by atoms with Crippen molar-refractivity contribution in [1.82, 2.24) is 19.7 Å². The molecule has 0 aliphatic carbocycles. The number of fused-ring (bicyclic) bond motifs is 1. The average Bonchev–Trinajstić information content (AvgIpc) is 3.42. The van der Waals surface area contributed by atoms with Gasteiger partial charge in [-0.1, -0.05) is 30.0 Å². The Hall–Kier alpha value is -2.78. The van der Waals surface area contributed by atoms with Gasteiger partial charge in [-0.3, -0.25) is 9.36 Å². The van der Waals surface area contributed by atoms with Crippen molar-refractivity contribution in [1.29, 1.82) is 0 Å². The predicted octanol–water partition coefficient (Wildman–Crippen LogP) is 2.66. The smallest absolute Gasteiger partial charge is 0.344 e. The first kappa shape index (κ1) is 21.5. The van der Waals surface area contributed by atoms with Crippen LogP contribution >= 0.6 is 11.8 Å². The molecule has 1 saturated heterocycles. The maximum absolute atomic E-state index is 12.7. The number of nitrogens with one attached hydrogen (secondary N) is 1. The Bertz CT molecular complexity index is 1120. The molecule has 0 radical (unpaired) electrons. The highest BCUT2D eigenvalue weighted by Gasteiger charge is 2.20. The first-order chi connectivity index (χ1) is 15.0. The van der Waals surface area contributed by atoms with Crippen LogP contribution in [0.2, 0.25) is 0 Å². The Balaban J connectivity index is 1.36. The molecule has 164 valence electrons. The van der Waals surface area contributed by atoms with E-state index in [4.69, 9.17) is 9.47 Å². The van der Waals surface area contributed by atoms with Crippen LogP contribution < -0.4 is 10.4 Å². The van der Waals surface area contributed by atoms with E-state index in [1.165, 1.54) is 11.8 Å². The molecule has 3 aromatic rings. The highest BCUT2D eigenvalue weighted by atomic mass is 32.2. The van der Waals surface area contributed by atoms with Gasteiger partial charge in [0.2, 0.25) is 5.91 Å². The zero-order valence-electron chi connectivity index (χ0n) is 17.7. The van der Waals surface area contributed by atoms with E-state index in [1.54, 1.807) is 23.6 Å². The Labute approximate surface area is 184 Å². The summed E-state index contributed by atoms with van der Waals surface area (Å²) in [5.74, 6) is 0.997. The largest absolute Gasteiger partial charge is 0.497 e. The first-order valence-electron chi connectivity index (χ1n) is 10.2. The monoisotopic (exact) mass is 442 g/mol. The van der Waals surface area contributed by atoms with Crippen molar-refractivity contribution in [2.24, 2.45) is 0 Å². The van der Waals surface area contributed by atoms with Gasteiger partial charge in [0.1, 0.15) is 5.75 Å². The molecule has 1 unspecified atom stereocenters. The van der Waals surface area contributed by atoms with Crippen LogP contribution in [0.1, 0.15) is 18.4 Å². The van der Waals surface area contributed by atoms with Gasteiger partial charge in [0.15, 0.2) is 5.16 Å². The van der Waals surface area contributed by atoms with E-state index in [0.717, 1.165) is 41.5 Å². The fourth-order valence-corrected chi connectivity index (χ4v) is 4.56. The zero-order chi connectivity index (χ0) is 21.8. The SMILES string of the molecule is COc1ccc2cc(CN(C)C(=O)CSc3n[nH]c(=O)n3CC3CCCO3)ccc2c1. The van der Waals surface area contributed by atoms with Gasteiger partial charge in [-0.25, -0.2) is 9.89 Å². The van der Waals surface area contributed by atoms with Gasteiger partial charge in [0.05, 0.1) is 25.5 Å². The summed E-state index contributed by atoms with van der Waals surface area (Å²) in [5, 5.41) is 9.26. The lowest BCUT2D eigenvalue weighted by Crippen LogP contribution is -2.28. The summed E-state index contributed by atoms with van der Waals surface area (Å²) in [6, 6.07) is 12.1. The minimum Gasteiger partial charge on any atom is -0.497 e. The number of nitrogens with zero attached hydrogens (tertiary/aromatic N) is 3. The van der Waals surface area contributed by atoms with Crippen LogP contribution in [0.4, 0.5) is 0 Å². The van der Waals surface area contributed by atoms with Crippen LogP contribution in [-0.4, -0.2) is 58.2 Å². The summed E-state index contributed by atoms with van der Waals surface area (Å²) in [4.78, 5) is 26.4. The molecule has 1 aliphatic heterocycles. The molecule has 0 bridgehead atoms. The Morgan fingerprint density at radius 1 is 1.32 bits per heavy atom. The van der Waals surface area contributed by atoms with Crippen LogP contribution in [-0.2, 0) is 22.6 Å². The molecular weight excluding hydrogens is 416 g/mol. The van der Waals surface area contributed by atoms with Gasteiger partial charge in [-0.15, -0.1) is 5.10 Å². The van der Waals surface area contributed by atoms with Crippen LogP contribution in [0.15, 0.2) is 46.3 Å². The second-order valence-electron chi connectivity index (χ2n) is 7.64. The van der Waals surface area contributed by atoms with Gasteiger partial charge in [-0.05, 0) is 47.4 Å². The van der Waals surface area contributed by atoms with Crippen LogP contribution in [0, 0.1) is 0 Å². The second-order valence-corrected chi connectivity index (χ2v) is 8.59. The number of carbonyl (C=O) groups excluding carboxylic acids is 1. The molecule has 31 heavy (non-hydrogen) atoms. The zero-order valence-corrected chi connectivity index (χ0v) is 18.5. The molecular formula is C22H26N4O4S. The summed E-state index contributed by atoms with van der Waals surface area (Å²) >= 11 is 1.26. The normalized spacial score (nSPS) is 16.0. The molecule has 1 aromatic heterocycles. The van der Waals surface area contributed by atoms with Crippen molar-refractivity contribution < 1.29 is 14.3 Å². The molecule has 1 fully saturated rings. The highest BCUT2D eigenvalue weighted by Crippen LogP contribution is 2.23. The van der Waals surface area contributed by atoms with Crippen molar-refractivity contribution in [3.63, 3.8) is 0 Å². The molecule has 1 amide bonds. The predicted molar refractivity (Wildman–Crippen MR) is 120 cm³/mol. The Morgan fingerprint density at radius 3 is 2.90 bits per heavy atom. The highest BCUT2D eigenvalue weighted by molar-refractivity contribution is 7.99. The minimum absolute atomic E-state index is 0.0286. The average molecular weight is 443 g/mol. The molecule has 1 N–H and O–H groups in total. The van der Waals surface area contributed by atoms with Gasteiger partial charge in [-0.2, -0.15) is 0 Å². The fraction of sp³-hybridized carbons (Fsp3) is 0.409. The van der Waals surface area contributed by atoms with E-state index < -0.39 is 0 Å². The molecule has 2 heterocycles. The number of rotatable bonds is 8. The van der Waals surface area contributed by atoms with Crippen LogP contribution in [0.25, 0.3) is 10.8 Å². The fourth-order valence-electron chi connectivity index (χ4n) is 3.66. The molecule has 1 atom stereocenters. The van der Waals surface area contributed by atoms with Crippen molar-refractivity contribution in [3.8, 4) is 5.75 Å². The summed E-state index contributed by atoms with van der Waals surface area (Å²) < 4.78 is 12.4. The lowest BCUT2D eigenvalue weighted by atomic mass is 10.1. The maximum atomic E-state index is 12.7. The molecule has 0 saturated carbocycles. The Kier molecular flexibility index (Phi) is 6.62. The number of amides is 1. The number of aromatic nitrogens is 3. The van der Waals surface area contributed by atoms with E-state index in [2.05, 4.69) is 16.3 Å². The standard InChI is InChI=1S/C22H26N4O4S/c1-25(12-15-5-6-17-11-18(29-2)8-7-16(17)10-15)20(27)14-31-22-24-23-21(28)26(22)13-19-4-3-9-30-19/h5-8,10-11,19H,3-4,9,12-14H2,1-2H3,(H,23,28). The number of carbonyl (C=O) groups is 1. The second kappa shape index (κ2) is 9.57. The minimum atomic E-state index is -0.272. The summed E-state index contributed by atoms with van der Waals surface area (Å²) in [7, 11) is 3.43. The number of ether oxygens (including phenoxy) is 2. The number of hydrogen-bond donors (Lipinski definition) is 1. The third-order valence-electron chi connectivity index (χ3n) is 5.42. The number of thioether (sulfide) groups is 1. The molecule has 1 aliphatic rings. The lowest BCUT2D eigenvalue weighted by molar-refractivity contribution is -0.127. The van der Waals surface area contributed by atoms with Gasteiger partial charge >= 0.3 is 5.69 Å². The van der Waals surface area contributed by atoms with Crippen molar-refractivity contribution in [3.05, 3.63) is 52.4 Å². The summed E-state index contributed by atoms with van der Waals surface area (Å²) in [6.45, 7) is 1.69. The molecule has 2 aromatic carbocycles. The summed E-state index contributed by atoms with van der Waals surface area (Å²) in [6.07, 6.45) is 1.97. The van der Waals surface area contributed by atoms with Gasteiger partial charge in [0, 0.05) is 20.2 Å². The van der Waals surface area contributed by atoms with E-state index in [9.17, 15) is 9.59 Å². The Morgan fingerprint density at radius 2 is 2.13 bits per heavy atom. The van der Waals surface area contributed by atoms with E-state index in [1.807, 2.05) is 30.3 Å².